The standard InChI is InChI=1S/C17H28N4/c1-14-7-10-21(11-8-14)12-9-18-17-15-5-3-2-4-6-16(15)19-13-20-17/h13-14H,2-12H2,1H3,(H,18,19,20). The largest absolute Gasteiger partial charge is 0.368 e. The van der Waals surface area contributed by atoms with Gasteiger partial charge in [0.25, 0.3) is 0 Å². The summed E-state index contributed by atoms with van der Waals surface area (Å²) in [6, 6.07) is 0. The molecule has 0 aromatic carbocycles. The Morgan fingerprint density at radius 2 is 1.95 bits per heavy atom. The van der Waals surface area contributed by atoms with Gasteiger partial charge in [0.15, 0.2) is 0 Å². The predicted octanol–water partition coefficient (Wildman–Crippen LogP) is 2.89. The number of nitrogens with zero attached hydrogens (tertiary/aromatic N) is 3. The molecule has 0 atom stereocenters. The van der Waals surface area contributed by atoms with Gasteiger partial charge in [0.1, 0.15) is 12.1 Å². The number of hydrogen-bond acceptors (Lipinski definition) is 4. The summed E-state index contributed by atoms with van der Waals surface area (Å²) in [7, 11) is 0. The van der Waals surface area contributed by atoms with Gasteiger partial charge in [-0.15, -0.1) is 0 Å². The lowest BCUT2D eigenvalue weighted by Gasteiger charge is -2.30. The fraction of sp³-hybridized carbons (Fsp3) is 0.765. The van der Waals surface area contributed by atoms with E-state index in [4.69, 9.17) is 0 Å². The molecule has 1 fully saturated rings. The number of aromatic nitrogens is 2. The van der Waals surface area contributed by atoms with Gasteiger partial charge in [0.05, 0.1) is 0 Å². The van der Waals surface area contributed by atoms with Crippen LogP contribution in [-0.2, 0) is 12.8 Å². The first kappa shape index (κ1) is 14.8. The van der Waals surface area contributed by atoms with E-state index in [0.29, 0.717) is 0 Å². The molecular weight excluding hydrogens is 260 g/mol. The van der Waals surface area contributed by atoms with Crippen LogP contribution in [0.3, 0.4) is 0 Å². The Morgan fingerprint density at radius 1 is 1.14 bits per heavy atom. The average Bonchev–Trinajstić information content (AvgIpc) is 2.75. The van der Waals surface area contributed by atoms with E-state index >= 15 is 0 Å². The molecule has 116 valence electrons. The minimum Gasteiger partial charge on any atom is -0.368 e. The van der Waals surface area contributed by atoms with Crippen molar-refractivity contribution < 1.29 is 0 Å². The smallest absolute Gasteiger partial charge is 0.132 e. The van der Waals surface area contributed by atoms with Gasteiger partial charge in [-0.25, -0.2) is 9.97 Å². The number of nitrogens with one attached hydrogen (secondary N) is 1. The molecule has 3 rings (SSSR count). The van der Waals surface area contributed by atoms with Crippen molar-refractivity contribution >= 4 is 5.82 Å². The molecule has 1 aromatic rings. The van der Waals surface area contributed by atoms with Crippen molar-refractivity contribution in [3.63, 3.8) is 0 Å². The highest BCUT2D eigenvalue weighted by Gasteiger charge is 2.16. The lowest BCUT2D eigenvalue weighted by molar-refractivity contribution is 0.199. The van der Waals surface area contributed by atoms with Crippen molar-refractivity contribution in [3.05, 3.63) is 17.6 Å². The van der Waals surface area contributed by atoms with Gasteiger partial charge < -0.3 is 10.2 Å². The molecule has 0 radical (unpaired) electrons. The molecule has 2 heterocycles. The molecule has 0 saturated carbocycles. The summed E-state index contributed by atoms with van der Waals surface area (Å²) < 4.78 is 0. The third kappa shape index (κ3) is 3.94. The Morgan fingerprint density at radius 3 is 2.81 bits per heavy atom. The number of hydrogen-bond donors (Lipinski definition) is 1. The van der Waals surface area contributed by atoms with Crippen LogP contribution in [0, 0.1) is 5.92 Å². The molecule has 1 aromatic heterocycles. The first-order valence-electron chi connectivity index (χ1n) is 8.62. The van der Waals surface area contributed by atoms with E-state index in [0.717, 1.165) is 37.7 Å². The summed E-state index contributed by atoms with van der Waals surface area (Å²) >= 11 is 0. The molecule has 0 bridgehead atoms. The van der Waals surface area contributed by atoms with Crippen LogP contribution in [0.5, 0.6) is 0 Å². The van der Waals surface area contributed by atoms with Crippen molar-refractivity contribution in [2.24, 2.45) is 5.92 Å². The average molecular weight is 288 g/mol. The molecule has 1 N–H and O–H groups in total. The molecule has 21 heavy (non-hydrogen) atoms. The van der Waals surface area contributed by atoms with E-state index < -0.39 is 0 Å². The molecule has 0 unspecified atom stereocenters. The van der Waals surface area contributed by atoms with Crippen molar-refractivity contribution in [1.29, 1.82) is 0 Å². The van der Waals surface area contributed by atoms with E-state index in [1.165, 1.54) is 56.5 Å². The van der Waals surface area contributed by atoms with Crippen LogP contribution >= 0.6 is 0 Å². The number of piperidine rings is 1. The van der Waals surface area contributed by atoms with Crippen LogP contribution in [0.2, 0.25) is 0 Å². The van der Waals surface area contributed by atoms with E-state index in [1.807, 2.05) is 0 Å². The van der Waals surface area contributed by atoms with E-state index in [1.54, 1.807) is 6.33 Å². The summed E-state index contributed by atoms with van der Waals surface area (Å²) in [6.07, 6.45) is 10.6. The molecule has 0 spiro atoms. The lowest BCUT2D eigenvalue weighted by atomic mass is 9.99. The predicted molar refractivity (Wildman–Crippen MR) is 86.6 cm³/mol. The number of anilines is 1. The fourth-order valence-corrected chi connectivity index (χ4v) is 3.47. The zero-order valence-corrected chi connectivity index (χ0v) is 13.3. The molecule has 4 heteroatoms. The van der Waals surface area contributed by atoms with Crippen molar-refractivity contribution in [1.82, 2.24) is 14.9 Å². The summed E-state index contributed by atoms with van der Waals surface area (Å²) in [4.78, 5) is 11.5. The maximum atomic E-state index is 4.49. The fourth-order valence-electron chi connectivity index (χ4n) is 3.47. The van der Waals surface area contributed by atoms with E-state index in [2.05, 4.69) is 27.1 Å². The highest BCUT2D eigenvalue weighted by molar-refractivity contribution is 5.46. The van der Waals surface area contributed by atoms with Gasteiger partial charge in [-0.05, 0) is 57.5 Å². The SMILES string of the molecule is CC1CCN(CCNc2ncnc3c2CCCCC3)CC1. The van der Waals surface area contributed by atoms with Gasteiger partial charge >= 0.3 is 0 Å². The van der Waals surface area contributed by atoms with Crippen molar-refractivity contribution in [2.75, 3.05) is 31.5 Å². The molecule has 1 aliphatic heterocycles. The van der Waals surface area contributed by atoms with Gasteiger partial charge in [-0.3, -0.25) is 0 Å². The van der Waals surface area contributed by atoms with Gasteiger partial charge in [0, 0.05) is 24.3 Å². The Bertz CT molecular complexity index is 452. The third-order valence-corrected chi connectivity index (χ3v) is 4.97. The Hall–Kier alpha value is -1.16. The van der Waals surface area contributed by atoms with Crippen molar-refractivity contribution in [3.8, 4) is 0 Å². The number of aryl methyl sites for hydroxylation is 1. The first-order valence-corrected chi connectivity index (χ1v) is 8.62. The Kier molecular flexibility index (Phi) is 5.07. The maximum absolute atomic E-state index is 4.49. The molecule has 0 amide bonds. The second-order valence-corrected chi connectivity index (χ2v) is 6.66. The third-order valence-electron chi connectivity index (χ3n) is 4.97. The van der Waals surface area contributed by atoms with Crippen LogP contribution in [-0.4, -0.2) is 41.0 Å². The van der Waals surface area contributed by atoms with Crippen LogP contribution in [0.1, 0.15) is 50.3 Å². The molecule has 2 aliphatic rings. The molecular formula is C17H28N4. The van der Waals surface area contributed by atoms with E-state index in [9.17, 15) is 0 Å². The molecule has 1 aliphatic carbocycles. The van der Waals surface area contributed by atoms with Gasteiger partial charge in [-0.1, -0.05) is 13.3 Å². The second-order valence-electron chi connectivity index (χ2n) is 6.66. The minimum absolute atomic E-state index is 0.909. The van der Waals surface area contributed by atoms with Crippen molar-refractivity contribution in [2.45, 2.75) is 51.9 Å². The highest BCUT2D eigenvalue weighted by Crippen LogP contribution is 2.23. The summed E-state index contributed by atoms with van der Waals surface area (Å²) in [5.41, 5.74) is 2.65. The zero-order valence-electron chi connectivity index (χ0n) is 13.3. The highest BCUT2D eigenvalue weighted by atomic mass is 15.1. The van der Waals surface area contributed by atoms with E-state index in [-0.39, 0.29) is 0 Å². The summed E-state index contributed by atoms with van der Waals surface area (Å²) in [5, 5.41) is 3.57. The number of fused-ring (bicyclic) bond motifs is 1. The summed E-state index contributed by atoms with van der Waals surface area (Å²) in [6.45, 7) is 7.00. The van der Waals surface area contributed by atoms with Crippen LogP contribution < -0.4 is 5.32 Å². The Labute approximate surface area is 128 Å². The minimum atomic E-state index is 0.909. The lowest BCUT2D eigenvalue weighted by Crippen LogP contribution is -2.36. The monoisotopic (exact) mass is 288 g/mol. The number of likely N-dealkylation sites (tertiary alicyclic amines) is 1. The molecule has 1 saturated heterocycles. The normalized spacial score (nSPS) is 20.8. The van der Waals surface area contributed by atoms with Crippen LogP contribution in [0.4, 0.5) is 5.82 Å². The zero-order chi connectivity index (χ0) is 14.5. The number of rotatable bonds is 4. The van der Waals surface area contributed by atoms with Gasteiger partial charge in [-0.2, -0.15) is 0 Å². The summed E-state index contributed by atoms with van der Waals surface area (Å²) in [5.74, 6) is 2.00. The van der Waals surface area contributed by atoms with Gasteiger partial charge in [0.2, 0.25) is 0 Å². The topological polar surface area (TPSA) is 41.0 Å². The first-order chi connectivity index (χ1) is 10.3. The second kappa shape index (κ2) is 7.21. The quantitative estimate of drug-likeness (QED) is 0.865. The van der Waals surface area contributed by atoms with Crippen LogP contribution in [0.25, 0.3) is 0 Å². The molecule has 4 nitrogen and oxygen atoms in total. The maximum Gasteiger partial charge on any atom is 0.132 e. The van der Waals surface area contributed by atoms with Crippen LogP contribution in [0.15, 0.2) is 6.33 Å². The Balaban J connectivity index is 1.53.